The van der Waals surface area contributed by atoms with Gasteiger partial charge in [0.1, 0.15) is 5.00 Å². The van der Waals surface area contributed by atoms with E-state index >= 15 is 0 Å². The van der Waals surface area contributed by atoms with Crippen LogP contribution in [0.3, 0.4) is 0 Å². The Labute approximate surface area is 171 Å². The number of carbonyl (C=O) groups excluding carboxylic acids is 2. The Morgan fingerprint density at radius 1 is 1.14 bits per heavy atom. The van der Waals surface area contributed by atoms with Gasteiger partial charge in [-0.15, -0.1) is 11.3 Å². The van der Waals surface area contributed by atoms with E-state index < -0.39 is 0 Å². The second-order valence-corrected chi connectivity index (χ2v) is 10.1. The third-order valence-corrected chi connectivity index (χ3v) is 6.81. The number of thiophene rings is 1. The Kier molecular flexibility index (Phi) is 5.67. The molecule has 3 rings (SSSR count). The summed E-state index contributed by atoms with van der Waals surface area (Å²) in [6, 6.07) is 5.99. The van der Waals surface area contributed by atoms with Gasteiger partial charge in [0.2, 0.25) is 5.91 Å². The van der Waals surface area contributed by atoms with Crippen molar-refractivity contribution in [2.75, 3.05) is 10.6 Å². The zero-order valence-corrected chi connectivity index (χ0v) is 18.5. The van der Waals surface area contributed by atoms with E-state index in [0.717, 1.165) is 41.6 Å². The molecule has 2 aromatic rings. The van der Waals surface area contributed by atoms with Crippen LogP contribution in [0.5, 0.6) is 0 Å². The fourth-order valence-corrected chi connectivity index (χ4v) is 5.32. The van der Waals surface area contributed by atoms with Crippen molar-refractivity contribution >= 4 is 33.8 Å². The third kappa shape index (κ3) is 4.30. The van der Waals surface area contributed by atoms with Gasteiger partial charge in [-0.2, -0.15) is 0 Å². The molecular weight excluding hydrogens is 368 g/mol. The van der Waals surface area contributed by atoms with Crippen LogP contribution in [0, 0.1) is 25.2 Å². The summed E-state index contributed by atoms with van der Waals surface area (Å²) < 4.78 is 0. The maximum atomic E-state index is 13.2. The van der Waals surface area contributed by atoms with Crippen LogP contribution in [0.2, 0.25) is 0 Å². The maximum absolute atomic E-state index is 13.2. The van der Waals surface area contributed by atoms with Gasteiger partial charge in [0.05, 0.1) is 5.56 Å². The lowest BCUT2D eigenvalue weighted by Gasteiger charge is -2.33. The first-order valence-corrected chi connectivity index (χ1v) is 10.7. The van der Waals surface area contributed by atoms with Crippen molar-refractivity contribution in [2.24, 2.45) is 11.3 Å². The number of carbonyl (C=O) groups is 2. The molecule has 0 bridgehead atoms. The fourth-order valence-electron chi connectivity index (χ4n) is 3.95. The molecule has 0 saturated carbocycles. The van der Waals surface area contributed by atoms with E-state index in [9.17, 15) is 9.59 Å². The molecule has 4 nitrogen and oxygen atoms in total. The number of nitrogens with one attached hydrogen (secondary N) is 2. The van der Waals surface area contributed by atoms with Crippen LogP contribution in [0.25, 0.3) is 0 Å². The van der Waals surface area contributed by atoms with E-state index in [1.807, 2.05) is 26.0 Å². The minimum Gasteiger partial charge on any atom is -0.322 e. The SMILES string of the molecule is CC(=O)Nc1sc2c(c1C(=O)Nc1ccc(C)cc1C)CC[C@H](C(C)(C)C)C2. The number of hydrogen-bond acceptors (Lipinski definition) is 3. The molecule has 1 heterocycles. The van der Waals surface area contributed by atoms with Crippen LogP contribution < -0.4 is 10.6 Å². The quantitative estimate of drug-likeness (QED) is 0.694. The Morgan fingerprint density at radius 3 is 2.46 bits per heavy atom. The van der Waals surface area contributed by atoms with Gasteiger partial charge in [-0.1, -0.05) is 38.5 Å². The Hall–Kier alpha value is -2.14. The highest BCUT2D eigenvalue weighted by Gasteiger charge is 2.34. The second-order valence-electron chi connectivity index (χ2n) is 8.97. The number of amides is 2. The standard InChI is InChI=1S/C23H30N2O2S/c1-13-7-10-18(14(2)11-13)25-21(27)20-17-9-8-16(23(4,5)6)12-19(17)28-22(20)24-15(3)26/h7,10-11,16H,8-9,12H2,1-6H3,(H,24,26)(H,25,27)/t16-/m0/s1. The molecule has 1 aliphatic carbocycles. The molecule has 1 aromatic heterocycles. The average Bonchev–Trinajstić information content (AvgIpc) is 2.92. The Morgan fingerprint density at radius 2 is 1.86 bits per heavy atom. The predicted octanol–water partition coefficient (Wildman–Crippen LogP) is 5.73. The third-order valence-electron chi connectivity index (χ3n) is 5.64. The van der Waals surface area contributed by atoms with Crippen molar-refractivity contribution in [1.29, 1.82) is 0 Å². The van der Waals surface area contributed by atoms with Crippen molar-refractivity contribution in [3.05, 3.63) is 45.3 Å². The summed E-state index contributed by atoms with van der Waals surface area (Å²) in [6.45, 7) is 12.3. The molecule has 0 aliphatic heterocycles. The van der Waals surface area contributed by atoms with Gasteiger partial charge >= 0.3 is 0 Å². The van der Waals surface area contributed by atoms with Crippen LogP contribution in [0.4, 0.5) is 10.7 Å². The van der Waals surface area contributed by atoms with Crippen molar-refractivity contribution in [2.45, 2.75) is 60.8 Å². The number of rotatable bonds is 3. The van der Waals surface area contributed by atoms with Crippen molar-refractivity contribution < 1.29 is 9.59 Å². The maximum Gasteiger partial charge on any atom is 0.258 e. The number of fused-ring (bicyclic) bond motifs is 1. The topological polar surface area (TPSA) is 58.2 Å². The molecule has 5 heteroatoms. The lowest BCUT2D eigenvalue weighted by Crippen LogP contribution is -2.27. The van der Waals surface area contributed by atoms with Gasteiger partial charge in [-0.3, -0.25) is 9.59 Å². The second kappa shape index (κ2) is 7.70. The zero-order chi connectivity index (χ0) is 20.6. The molecule has 0 fully saturated rings. The van der Waals surface area contributed by atoms with Crippen LogP contribution in [-0.2, 0) is 17.6 Å². The monoisotopic (exact) mass is 398 g/mol. The summed E-state index contributed by atoms with van der Waals surface area (Å²) in [6.07, 6.45) is 2.91. The van der Waals surface area contributed by atoms with Crippen LogP contribution in [0.1, 0.15) is 66.0 Å². The summed E-state index contributed by atoms with van der Waals surface area (Å²) >= 11 is 1.56. The minimum absolute atomic E-state index is 0.137. The molecule has 2 amide bonds. The zero-order valence-electron chi connectivity index (χ0n) is 17.7. The molecule has 1 atom stereocenters. The van der Waals surface area contributed by atoms with E-state index in [1.54, 1.807) is 11.3 Å². The van der Waals surface area contributed by atoms with Crippen molar-refractivity contribution in [3.8, 4) is 0 Å². The predicted molar refractivity (Wildman–Crippen MR) is 117 cm³/mol. The first-order chi connectivity index (χ1) is 13.1. The van der Waals surface area contributed by atoms with Gasteiger partial charge in [-0.25, -0.2) is 0 Å². The van der Waals surface area contributed by atoms with Gasteiger partial charge in [0.15, 0.2) is 0 Å². The molecular formula is C23H30N2O2S. The first kappa shape index (κ1) is 20.6. The van der Waals surface area contributed by atoms with E-state index in [-0.39, 0.29) is 17.2 Å². The lowest BCUT2D eigenvalue weighted by atomic mass is 9.72. The fraction of sp³-hybridized carbons (Fsp3) is 0.478. The summed E-state index contributed by atoms with van der Waals surface area (Å²) in [5.41, 5.74) is 4.99. The summed E-state index contributed by atoms with van der Waals surface area (Å²) in [4.78, 5) is 26.2. The van der Waals surface area contributed by atoms with Gasteiger partial charge in [0, 0.05) is 17.5 Å². The number of benzene rings is 1. The number of anilines is 2. The van der Waals surface area contributed by atoms with E-state index in [0.29, 0.717) is 16.5 Å². The smallest absolute Gasteiger partial charge is 0.258 e. The summed E-state index contributed by atoms with van der Waals surface area (Å²) in [7, 11) is 0. The Bertz CT molecular complexity index is 921. The molecule has 2 N–H and O–H groups in total. The van der Waals surface area contributed by atoms with Gasteiger partial charge in [0.25, 0.3) is 5.91 Å². The molecule has 0 spiro atoms. The van der Waals surface area contributed by atoms with Crippen LogP contribution >= 0.6 is 11.3 Å². The van der Waals surface area contributed by atoms with E-state index in [1.165, 1.54) is 11.8 Å². The molecule has 150 valence electrons. The average molecular weight is 399 g/mol. The lowest BCUT2D eigenvalue weighted by molar-refractivity contribution is -0.114. The molecule has 0 radical (unpaired) electrons. The highest BCUT2D eigenvalue weighted by Crippen LogP contribution is 2.44. The normalized spacial score (nSPS) is 16.4. The molecule has 0 saturated heterocycles. The minimum atomic E-state index is -0.147. The molecule has 1 aliphatic rings. The Balaban J connectivity index is 1.96. The summed E-state index contributed by atoms with van der Waals surface area (Å²) in [5, 5.41) is 6.63. The highest BCUT2D eigenvalue weighted by molar-refractivity contribution is 7.17. The largest absolute Gasteiger partial charge is 0.322 e. The summed E-state index contributed by atoms with van der Waals surface area (Å²) in [5.74, 6) is 0.299. The van der Waals surface area contributed by atoms with Crippen molar-refractivity contribution in [1.82, 2.24) is 0 Å². The van der Waals surface area contributed by atoms with Crippen molar-refractivity contribution in [3.63, 3.8) is 0 Å². The first-order valence-electron chi connectivity index (χ1n) is 9.87. The number of hydrogen-bond donors (Lipinski definition) is 2. The van der Waals surface area contributed by atoms with Gasteiger partial charge < -0.3 is 10.6 Å². The number of aryl methyl sites for hydroxylation is 2. The molecule has 28 heavy (non-hydrogen) atoms. The van der Waals surface area contributed by atoms with Crippen LogP contribution in [0.15, 0.2) is 18.2 Å². The molecule has 1 aromatic carbocycles. The van der Waals surface area contributed by atoms with Crippen LogP contribution in [-0.4, -0.2) is 11.8 Å². The van der Waals surface area contributed by atoms with Gasteiger partial charge in [-0.05, 0) is 61.6 Å². The highest BCUT2D eigenvalue weighted by atomic mass is 32.1. The van der Waals surface area contributed by atoms with E-state index in [2.05, 4.69) is 37.5 Å². The van der Waals surface area contributed by atoms with E-state index in [4.69, 9.17) is 0 Å². The molecule has 0 unspecified atom stereocenters.